The van der Waals surface area contributed by atoms with E-state index in [1.165, 1.54) is 19.3 Å². The van der Waals surface area contributed by atoms with E-state index < -0.39 is 0 Å². The minimum atomic E-state index is 0.0197. The summed E-state index contributed by atoms with van der Waals surface area (Å²) in [5.74, 6) is 0.994. The van der Waals surface area contributed by atoms with Crippen molar-refractivity contribution in [2.75, 3.05) is 11.4 Å². The number of hydrogen-bond donors (Lipinski definition) is 0. The number of fused-ring (bicyclic) bond motifs is 1. The van der Waals surface area contributed by atoms with Gasteiger partial charge in [0.2, 0.25) is 0 Å². The molecule has 2 aromatic rings. The second-order valence-electron chi connectivity index (χ2n) is 8.04. The highest BCUT2D eigenvalue weighted by Crippen LogP contribution is 2.25. The first-order valence-electron chi connectivity index (χ1n) is 8.61. The van der Waals surface area contributed by atoms with Gasteiger partial charge in [0.25, 0.3) is 0 Å². The minimum Gasteiger partial charge on any atom is -0.354 e. The maximum Gasteiger partial charge on any atom is 0.330 e. The Labute approximate surface area is 137 Å². The molecule has 5 nitrogen and oxygen atoms in total. The molecule has 2 aromatic heterocycles. The van der Waals surface area contributed by atoms with Gasteiger partial charge in [0.15, 0.2) is 5.65 Å². The maximum atomic E-state index is 12.6. The Morgan fingerprint density at radius 2 is 2.00 bits per heavy atom. The smallest absolute Gasteiger partial charge is 0.330 e. The summed E-state index contributed by atoms with van der Waals surface area (Å²) in [7, 11) is 1.82. The largest absolute Gasteiger partial charge is 0.354 e. The summed E-state index contributed by atoms with van der Waals surface area (Å²) in [5, 5.41) is 0. The summed E-state index contributed by atoms with van der Waals surface area (Å²) in [6.45, 7) is 10.5. The molecular weight excluding hydrogens is 288 g/mol. The SMILES string of the molecule is CC1CCCCN1c1ccc2c(n1)n(C)c(=O)n2CC(C)(C)C. The number of aromatic nitrogens is 3. The van der Waals surface area contributed by atoms with Crippen molar-refractivity contribution in [3.05, 3.63) is 22.6 Å². The lowest BCUT2D eigenvalue weighted by Gasteiger charge is -2.34. The van der Waals surface area contributed by atoms with Crippen LogP contribution in [0.1, 0.15) is 47.0 Å². The molecule has 1 saturated heterocycles. The number of pyridine rings is 1. The molecule has 0 amide bonds. The van der Waals surface area contributed by atoms with Gasteiger partial charge in [-0.2, -0.15) is 0 Å². The number of nitrogens with zero attached hydrogens (tertiary/aromatic N) is 4. The van der Waals surface area contributed by atoms with E-state index in [9.17, 15) is 4.79 Å². The van der Waals surface area contributed by atoms with Gasteiger partial charge in [-0.25, -0.2) is 9.78 Å². The minimum absolute atomic E-state index is 0.0197. The fourth-order valence-electron chi connectivity index (χ4n) is 3.49. The van der Waals surface area contributed by atoms with Crippen molar-refractivity contribution in [1.82, 2.24) is 14.1 Å². The molecule has 126 valence electrons. The second kappa shape index (κ2) is 5.69. The van der Waals surface area contributed by atoms with Crippen LogP contribution in [0.5, 0.6) is 0 Å². The van der Waals surface area contributed by atoms with Crippen LogP contribution in [0, 0.1) is 5.41 Å². The molecule has 1 fully saturated rings. The summed E-state index contributed by atoms with van der Waals surface area (Å²) in [5.41, 5.74) is 1.79. The van der Waals surface area contributed by atoms with Crippen LogP contribution in [0.3, 0.4) is 0 Å². The number of anilines is 1. The fourth-order valence-corrected chi connectivity index (χ4v) is 3.49. The summed E-state index contributed by atoms with van der Waals surface area (Å²) in [4.78, 5) is 19.8. The third-order valence-electron chi connectivity index (χ3n) is 4.70. The summed E-state index contributed by atoms with van der Waals surface area (Å²) in [6.07, 6.45) is 3.72. The molecule has 0 radical (unpaired) electrons. The molecule has 0 aromatic carbocycles. The Morgan fingerprint density at radius 1 is 1.26 bits per heavy atom. The number of aryl methyl sites for hydroxylation is 1. The highest BCUT2D eigenvalue weighted by atomic mass is 16.1. The van der Waals surface area contributed by atoms with Gasteiger partial charge in [-0.1, -0.05) is 20.8 Å². The molecule has 5 heteroatoms. The van der Waals surface area contributed by atoms with Gasteiger partial charge >= 0.3 is 5.69 Å². The predicted molar refractivity (Wildman–Crippen MR) is 95.1 cm³/mol. The lowest BCUT2D eigenvalue weighted by Crippen LogP contribution is -2.37. The van der Waals surface area contributed by atoms with Crippen molar-refractivity contribution in [2.45, 2.75) is 59.5 Å². The standard InChI is InChI=1S/C18H28N4O/c1-13-8-6-7-11-21(13)15-10-9-14-16(19-15)20(5)17(23)22(14)12-18(2,3)4/h9-10,13H,6-8,11-12H2,1-5H3. The monoisotopic (exact) mass is 316 g/mol. The lowest BCUT2D eigenvalue weighted by atomic mass is 9.97. The summed E-state index contributed by atoms with van der Waals surface area (Å²) >= 11 is 0. The van der Waals surface area contributed by atoms with Crippen molar-refractivity contribution in [3.8, 4) is 0 Å². The molecule has 1 aliphatic heterocycles. The Morgan fingerprint density at radius 3 is 2.65 bits per heavy atom. The molecule has 0 saturated carbocycles. The van der Waals surface area contributed by atoms with E-state index in [1.54, 1.807) is 4.57 Å². The number of hydrogen-bond acceptors (Lipinski definition) is 3. The van der Waals surface area contributed by atoms with Crippen LogP contribution in [0.15, 0.2) is 16.9 Å². The quantitative estimate of drug-likeness (QED) is 0.855. The molecule has 1 unspecified atom stereocenters. The average Bonchev–Trinajstić information content (AvgIpc) is 2.71. The molecule has 23 heavy (non-hydrogen) atoms. The van der Waals surface area contributed by atoms with Gasteiger partial charge in [0.05, 0.1) is 5.52 Å². The van der Waals surface area contributed by atoms with Gasteiger partial charge in [0, 0.05) is 26.2 Å². The molecule has 1 atom stereocenters. The van der Waals surface area contributed by atoms with E-state index >= 15 is 0 Å². The predicted octanol–water partition coefficient (Wildman–Crippen LogP) is 3.16. The van der Waals surface area contributed by atoms with E-state index in [-0.39, 0.29) is 11.1 Å². The van der Waals surface area contributed by atoms with Gasteiger partial charge in [-0.3, -0.25) is 9.13 Å². The van der Waals surface area contributed by atoms with E-state index in [0.29, 0.717) is 12.6 Å². The van der Waals surface area contributed by atoms with Crippen LogP contribution < -0.4 is 10.6 Å². The zero-order valence-electron chi connectivity index (χ0n) is 15.0. The summed E-state index contributed by atoms with van der Waals surface area (Å²) in [6, 6.07) is 4.65. The number of rotatable bonds is 2. The second-order valence-corrected chi connectivity index (χ2v) is 8.04. The Hall–Kier alpha value is -1.78. The molecule has 0 N–H and O–H groups in total. The molecule has 0 bridgehead atoms. The molecule has 0 spiro atoms. The highest BCUT2D eigenvalue weighted by molar-refractivity contribution is 5.74. The zero-order valence-corrected chi connectivity index (χ0v) is 15.0. The highest BCUT2D eigenvalue weighted by Gasteiger charge is 2.22. The van der Waals surface area contributed by atoms with Crippen LogP contribution in [-0.4, -0.2) is 26.7 Å². The zero-order chi connectivity index (χ0) is 16.8. The Balaban J connectivity index is 2.07. The fraction of sp³-hybridized carbons (Fsp3) is 0.667. The van der Waals surface area contributed by atoms with Crippen molar-refractivity contribution < 1.29 is 0 Å². The molecule has 3 heterocycles. The average molecular weight is 316 g/mol. The van der Waals surface area contributed by atoms with E-state index in [1.807, 2.05) is 11.6 Å². The number of piperidine rings is 1. The van der Waals surface area contributed by atoms with Gasteiger partial charge in [-0.05, 0) is 43.7 Å². The van der Waals surface area contributed by atoms with E-state index in [0.717, 1.165) is 23.5 Å². The van der Waals surface area contributed by atoms with Crippen LogP contribution in [0.25, 0.3) is 11.2 Å². The third-order valence-corrected chi connectivity index (χ3v) is 4.70. The van der Waals surface area contributed by atoms with Gasteiger partial charge in [0.1, 0.15) is 5.82 Å². The third kappa shape index (κ3) is 3.01. The number of imidazole rings is 1. The first-order chi connectivity index (χ1) is 10.8. The van der Waals surface area contributed by atoms with Crippen molar-refractivity contribution in [3.63, 3.8) is 0 Å². The van der Waals surface area contributed by atoms with E-state index in [2.05, 4.69) is 44.7 Å². The first-order valence-corrected chi connectivity index (χ1v) is 8.61. The Kier molecular flexibility index (Phi) is 3.98. The van der Waals surface area contributed by atoms with Crippen LogP contribution in [0.4, 0.5) is 5.82 Å². The van der Waals surface area contributed by atoms with Gasteiger partial charge < -0.3 is 4.90 Å². The van der Waals surface area contributed by atoms with E-state index in [4.69, 9.17) is 4.98 Å². The van der Waals surface area contributed by atoms with Crippen LogP contribution >= 0.6 is 0 Å². The van der Waals surface area contributed by atoms with Crippen molar-refractivity contribution in [2.24, 2.45) is 12.5 Å². The van der Waals surface area contributed by atoms with Crippen molar-refractivity contribution >= 4 is 17.0 Å². The topological polar surface area (TPSA) is 43.1 Å². The molecule has 0 aliphatic carbocycles. The maximum absolute atomic E-state index is 12.6. The van der Waals surface area contributed by atoms with Crippen LogP contribution in [-0.2, 0) is 13.6 Å². The Bertz CT molecular complexity index is 766. The first kappa shape index (κ1) is 16.1. The lowest BCUT2D eigenvalue weighted by molar-refractivity contribution is 0.342. The van der Waals surface area contributed by atoms with Crippen LogP contribution in [0.2, 0.25) is 0 Å². The summed E-state index contributed by atoms with van der Waals surface area (Å²) < 4.78 is 3.53. The van der Waals surface area contributed by atoms with Gasteiger partial charge in [-0.15, -0.1) is 0 Å². The molecular formula is C18H28N4O. The molecule has 1 aliphatic rings. The molecule has 3 rings (SSSR count). The van der Waals surface area contributed by atoms with Crippen molar-refractivity contribution in [1.29, 1.82) is 0 Å². The normalized spacial score (nSPS) is 19.5.